The van der Waals surface area contributed by atoms with Gasteiger partial charge in [0.25, 0.3) is 0 Å². The van der Waals surface area contributed by atoms with Crippen LogP contribution in [0, 0.1) is 0 Å². The standard InChI is InChI=1S/C24H27N3/c1-3-5-9-18-15-19(10-6-4-2)17-20(16-18)27-23-21(11-7-13-25-23)22-12-8-14-26-24(22)27/h7-8,11-17H,3-6,9-10H2,1-2H3. The summed E-state index contributed by atoms with van der Waals surface area (Å²) in [5.74, 6) is 0. The van der Waals surface area contributed by atoms with Crippen molar-refractivity contribution in [2.75, 3.05) is 0 Å². The Hall–Kier alpha value is -2.68. The number of rotatable bonds is 7. The van der Waals surface area contributed by atoms with Crippen LogP contribution in [0.5, 0.6) is 0 Å². The molecule has 0 bridgehead atoms. The molecule has 0 N–H and O–H groups in total. The Morgan fingerprint density at radius 1 is 0.741 bits per heavy atom. The minimum atomic E-state index is 0.986. The third kappa shape index (κ3) is 3.46. The molecule has 3 aromatic heterocycles. The lowest BCUT2D eigenvalue weighted by atomic mass is 10.0. The van der Waals surface area contributed by atoms with Crippen molar-refractivity contribution >= 4 is 22.1 Å². The number of fused-ring (bicyclic) bond motifs is 3. The number of hydrogen-bond donors (Lipinski definition) is 0. The molecule has 0 atom stereocenters. The van der Waals surface area contributed by atoms with Crippen molar-refractivity contribution in [2.45, 2.75) is 52.4 Å². The third-order valence-electron chi connectivity index (χ3n) is 5.22. The summed E-state index contributed by atoms with van der Waals surface area (Å²) in [5.41, 5.74) is 6.00. The summed E-state index contributed by atoms with van der Waals surface area (Å²) in [6.45, 7) is 4.51. The van der Waals surface area contributed by atoms with Gasteiger partial charge in [-0.2, -0.15) is 0 Å². The van der Waals surface area contributed by atoms with E-state index in [1.54, 1.807) is 0 Å². The predicted molar refractivity (Wildman–Crippen MR) is 114 cm³/mol. The second-order valence-corrected chi connectivity index (χ2v) is 7.30. The highest BCUT2D eigenvalue weighted by Crippen LogP contribution is 2.30. The van der Waals surface area contributed by atoms with Gasteiger partial charge in [0.15, 0.2) is 0 Å². The summed E-state index contributed by atoms with van der Waals surface area (Å²) < 4.78 is 2.23. The minimum Gasteiger partial charge on any atom is -0.278 e. The Balaban J connectivity index is 1.93. The Labute approximate surface area is 161 Å². The molecule has 138 valence electrons. The molecule has 0 saturated carbocycles. The molecule has 3 heterocycles. The highest BCUT2D eigenvalue weighted by molar-refractivity contribution is 6.06. The van der Waals surface area contributed by atoms with Crippen LogP contribution in [0.15, 0.2) is 54.9 Å². The molecule has 0 aliphatic rings. The molecule has 1 aromatic carbocycles. The summed E-state index contributed by atoms with van der Waals surface area (Å²) in [5, 5.41) is 2.32. The van der Waals surface area contributed by atoms with Crippen LogP contribution >= 0.6 is 0 Å². The van der Waals surface area contributed by atoms with Crippen LogP contribution < -0.4 is 0 Å². The average Bonchev–Trinajstić information content (AvgIpc) is 3.05. The van der Waals surface area contributed by atoms with Crippen molar-refractivity contribution < 1.29 is 0 Å². The smallest absolute Gasteiger partial charge is 0.146 e. The monoisotopic (exact) mass is 357 g/mol. The van der Waals surface area contributed by atoms with Crippen LogP contribution in [-0.4, -0.2) is 14.5 Å². The topological polar surface area (TPSA) is 30.7 Å². The molecule has 0 amide bonds. The first kappa shape index (κ1) is 17.7. The highest BCUT2D eigenvalue weighted by atomic mass is 15.1. The molecule has 4 aromatic rings. The van der Waals surface area contributed by atoms with Crippen LogP contribution in [0.1, 0.15) is 50.7 Å². The molecule has 4 rings (SSSR count). The van der Waals surface area contributed by atoms with Crippen LogP contribution in [0.4, 0.5) is 0 Å². The molecule has 3 nitrogen and oxygen atoms in total. The second kappa shape index (κ2) is 7.91. The van der Waals surface area contributed by atoms with Gasteiger partial charge in [-0.15, -0.1) is 0 Å². The zero-order valence-corrected chi connectivity index (χ0v) is 16.3. The molecule has 0 fully saturated rings. The fourth-order valence-electron chi connectivity index (χ4n) is 3.84. The summed E-state index contributed by atoms with van der Waals surface area (Å²) >= 11 is 0. The number of pyridine rings is 2. The molecule has 0 aliphatic heterocycles. The molecule has 3 heteroatoms. The van der Waals surface area contributed by atoms with E-state index < -0.39 is 0 Å². The number of unbranched alkanes of at least 4 members (excludes halogenated alkanes) is 2. The zero-order chi connectivity index (χ0) is 18.6. The van der Waals surface area contributed by atoms with Gasteiger partial charge in [0.2, 0.25) is 0 Å². The SMILES string of the molecule is CCCCc1cc(CCCC)cc(-n2c3ncccc3c3cccnc32)c1. The first-order valence-electron chi connectivity index (χ1n) is 10.1. The molecule has 0 radical (unpaired) electrons. The van der Waals surface area contributed by atoms with Gasteiger partial charge in [0.05, 0.1) is 0 Å². The molecule has 0 spiro atoms. The van der Waals surface area contributed by atoms with E-state index in [1.165, 1.54) is 42.5 Å². The van der Waals surface area contributed by atoms with Gasteiger partial charge in [0.1, 0.15) is 11.3 Å². The van der Waals surface area contributed by atoms with E-state index in [2.05, 4.69) is 48.7 Å². The molecule has 0 saturated heterocycles. The van der Waals surface area contributed by atoms with Gasteiger partial charge in [-0.05, 0) is 73.2 Å². The Morgan fingerprint density at radius 3 is 1.74 bits per heavy atom. The second-order valence-electron chi connectivity index (χ2n) is 7.30. The number of nitrogens with zero attached hydrogens (tertiary/aromatic N) is 3. The minimum absolute atomic E-state index is 0.986. The number of benzene rings is 1. The lowest BCUT2D eigenvalue weighted by Crippen LogP contribution is -2.00. The zero-order valence-electron chi connectivity index (χ0n) is 16.3. The first-order chi connectivity index (χ1) is 13.3. The van der Waals surface area contributed by atoms with E-state index in [-0.39, 0.29) is 0 Å². The summed E-state index contributed by atoms with van der Waals surface area (Å²) in [6.07, 6.45) is 10.9. The van der Waals surface area contributed by atoms with Crippen molar-refractivity contribution in [1.29, 1.82) is 0 Å². The van der Waals surface area contributed by atoms with Gasteiger partial charge in [0, 0.05) is 28.9 Å². The Kier molecular flexibility index (Phi) is 5.19. The van der Waals surface area contributed by atoms with Gasteiger partial charge in [-0.3, -0.25) is 4.57 Å². The normalized spacial score (nSPS) is 11.5. The maximum atomic E-state index is 4.70. The van der Waals surface area contributed by atoms with Crippen LogP contribution in [0.25, 0.3) is 27.8 Å². The average molecular weight is 358 g/mol. The largest absolute Gasteiger partial charge is 0.278 e. The number of aromatic nitrogens is 3. The Morgan fingerprint density at radius 2 is 1.26 bits per heavy atom. The van der Waals surface area contributed by atoms with E-state index in [4.69, 9.17) is 9.97 Å². The predicted octanol–water partition coefficient (Wildman–Crippen LogP) is 6.26. The summed E-state index contributed by atoms with van der Waals surface area (Å²) in [7, 11) is 0. The number of aryl methyl sites for hydroxylation is 2. The van der Waals surface area contributed by atoms with Crippen molar-refractivity contribution in [3.63, 3.8) is 0 Å². The van der Waals surface area contributed by atoms with E-state index in [9.17, 15) is 0 Å². The van der Waals surface area contributed by atoms with E-state index in [0.29, 0.717) is 0 Å². The maximum absolute atomic E-state index is 4.70. The van der Waals surface area contributed by atoms with Gasteiger partial charge in [-0.25, -0.2) is 9.97 Å². The van der Waals surface area contributed by atoms with Gasteiger partial charge >= 0.3 is 0 Å². The van der Waals surface area contributed by atoms with Crippen molar-refractivity contribution in [3.8, 4) is 5.69 Å². The van der Waals surface area contributed by atoms with Crippen molar-refractivity contribution in [2.24, 2.45) is 0 Å². The molecule has 0 unspecified atom stereocenters. The molecule has 27 heavy (non-hydrogen) atoms. The van der Waals surface area contributed by atoms with E-state index in [1.807, 2.05) is 24.5 Å². The lowest BCUT2D eigenvalue weighted by Gasteiger charge is -2.12. The van der Waals surface area contributed by atoms with E-state index in [0.717, 1.165) is 34.9 Å². The quantitative estimate of drug-likeness (QED) is 0.391. The van der Waals surface area contributed by atoms with Crippen LogP contribution in [0.3, 0.4) is 0 Å². The van der Waals surface area contributed by atoms with Crippen LogP contribution in [0.2, 0.25) is 0 Å². The van der Waals surface area contributed by atoms with Crippen LogP contribution in [-0.2, 0) is 12.8 Å². The third-order valence-corrected chi connectivity index (χ3v) is 5.22. The van der Waals surface area contributed by atoms with Gasteiger partial charge in [-0.1, -0.05) is 32.8 Å². The summed E-state index contributed by atoms with van der Waals surface area (Å²) in [4.78, 5) is 9.40. The molecular formula is C24H27N3. The first-order valence-corrected chi connectivity index (χ1v) is 10.1. The lowest BCUT2D eigenvalue weighted by molar-refractivity contribution is 0.779. The number of hydrogen-bond acceptors (Lipinski definition) is 2. The van der Waals surface area contributed by atoms with Crippen molar-refractivity contribution in [1.82, 2.24) is 14.5 Å². The summed E-state index contributed by atoms with van der Waals surface area (Å²) in [6, 6.07) is 15.3. The Bertz CT molecular complexity index is 982. The fourth-order valence-corrected chi connectivity index (χ4v) is 3.84. The molecular weight excluding hydrogens is 330 g/mol. The van der Waals surface area contributed by atoms with Gasteiger partial charge < -0.3 is 0 Å². The van der Waals surface area contributed by atoms with E-state index >= 15 is 0 Å². The van der Waals surface area contributed by atoms with Crippen molar-refractivity contribution in [3.05, 3.63) is 66.0 Å². The maximum Gasteiger partial charge on any atom is 0.146 e. The fraction of sp³-hybridized carbons (Fsp3) is 0.333. The molecule has 0 aliphatic carbocycles. The highest BCUT2D eigenvalue weighted by Gasteiger charge is 2.14.